The number of ether oxygens (including phenoxy) is 2. The van der Waals surface area contributed by atoms with Crippen molar-refractivity contribution in [2.45, 2.75) is 39.0 Å². The molecular formula is C19H25NO5. The van der Waals surface area contributed by atoms with Crippen molar-refractivity contribution in [3.8, 4) is 0 Å². The molecular weight excluding hydrogens is 322 g/mol. The van der Waals surface area contributed by atoms with Gasteiger partial charge in [-0.15, -0.1) is 0 Å². The van der Waals surface area contributed by atoms with Gasteiger partial charge in [0.15, 0.2) is 0 Å². The molecule has 0 aromatic heterocycles. The van der Waals surface area contributed by atoms with E-state index in [2.05, 4.69) is 4.90 Å². The fraction of sp³-hybridized carbons (Fsp3) is 0.526. The van der Waals surface area contributed by atoms with Gasteiger partial charge in [0.2, 0.25) is 0 Å². The molecule has 1 aliphatic heterocycles. The Balaban J connectivity index is 2.12. The van der Waals surface area contributed by atoms with Crippen LogP contribution in [-0.4, -0.2) is 44.0 Å². The van der Waals surface area contributed by atoms with Crippen molar-refractivity contribution in [3.63, 3.8) is 0 Å². The van der Waals surface area contributed by atoms with E-state index in [1.807, 2.05) is 24.3 Å². The van der Waals surface area contributed by atoms with Crippen molar-refractivity contribution < 1.29 is 23.9 Å². The second-order valence-electron chi connectivity index (χ2n) is 5.93. The fourth-order valence-electron chi connectivity index (χ4n) is 2.90. The molecule has 6 nitrogen and oxygen atoms in total. The van der Waals surface area contributed by atoms with Crippen molar-refractivity contribution in [2.24, 2.45) is 0 Å². The molecule has 0 bridgehead atoms. The third kappa shape index (κ3) is 5.31. The molecule has 0 saturated carbocycles. The van der Waals surface area contributed by atoms with Gasteiger partial charge in [-0.2, -0.15) is 0 Å². The Morgan fingerprint density at radius 3 is 2.20 bits per heavy atom. The molecule has 0 N–H and O–H groups in total. The molecule has 2 rings (SSSR count). The summed E-state index contributed by atoms with van der Waals surface area (Å²) in [6, 6.07) is 7.52. The van der Waals surface area contributed by atoms with Gasteiger partial charge in [0.25, 0.3) is 0 Å². The van der Waals surface area contributed by atoms with E-state index in [-0.39, 0.29) is 19.6 Å². The number of Topliss-reactive ketones (excluding diaryl/α,β-unsaturated/α-hetero) is 1. The highest BCUT2D eigenvalue weighted by Crippen LogP contribution is 2.26. The zero-order chi connectivity index (χ0) is 18.2. The van der Waals surface area contributed by atoms with E-state index >= 15 is 0 Å². The molecule has 0 amide bonds. The largest absolute Gasteiger partial charge is 0.466 e. The number of benzene rings is 1. The summed E-state index contributed by atoms with van der Waals surface area (Å²) in [5, 5.41) is 0. The Hall–Kier alpha value is -2.37. The van der Waals surface area contributed by atoms with Gasteiger partial charge in [0.05, 0.1) is 25.6 Å². The first-order valence-corrected chi connectivity index (χ1v) is 8.74. The van der Waals surface area contributed by atoms with Crippen LogP contribution >= 0.6 is 0 Å². The average Bonchev–Trinajstić information content (AvgIpc) is 2.61. The highest BCUT2D eigenvalue weighted by Gasteiger charge is 2.26. The molecule has 6 heteroatoms. The zero-order valence-electron chi connectivity index (χ0n) is 14.8. The number of nitrogens with zero attached hydrogens (tertiary/aromatic N) is 1. The van der Waals surface area contributed by atoms with E-state index in [0.29, 0.717) is 31.7 Å². The summed E-state index contributed by atoms with van der Waals surface area (Å²) in [7, 11) is 0. The molecule has 136 valence electrons. The summed E-state index contributed by atoms with van der Waals surface area (Å²) in [6.07, 6.45) is 1.09. The molecule has 1 atom stereocenters. The Morgan fingerprint density at radius 1 is 1.04 bits per heavy atom. The van der Waals surface area contributed by atoms with Gasteiger partial charge in [-0.3, -0.25) is 14.4 Å². The van der Waals surface area contributed by atoms with Crippen LogP contribution in [0.1, 0.15) is 44.6 Å². The normalized spacial score (nSPS) is 15.6. The molecule has 1 saturated heterocycles. The molecule has 0 radical (unpaired) electrons. The maximum Gasteiger partial charge on any atom is 0.313 e. The predicted octanol–water partition coefficient (Wildman–Crippen LogP) is 2.46. The van der Waals surface area contributed by atoms with Gasteiger partial charge in [0.1, 0.15) is 5.78 Å². The van der Waals surface area contributed by atoms with E-state index in [4.69, 9.17) is 9.47 Å². The summed E-state index contributed by atoms with van der Waals surface area (Å²) in [4.78, 5) is 37.5. The van der Waals surface area contributed by atoms with E-state index in [9.17, 15) is 14.4 Å². The number of hydrogen-bond acceptors (Lipinski definition) is 6. The molecule has 1 aromatic carbocycles. The Morgan fingerprint density at radius 2 is 1.64 bits per heavy atom. The van der Waals surface area contributed by atoms with Gasteiger partial charge in [-0.25, -0.2) is 0 Å². The van der Waals surface area contributed by atoms with Crippen molar-refractivity contribution in [1.82, 2.24) is 0 Å². The number of hydrogen-bond donors (Lipinski definition) is 0. The third-order valence-corrected chi connectivity index (χ3v) is 4.23. The minimum Gasteiger partial charge on any atom is -0.466 e. The van der Waals surface area contributed by atoms with Crippen molar-refractivity contribution in [3.05, 3.63) is 29.8 Å². The Kier molecular flexibility index (Phi) is 6.98. The number of carbonyl (C=O) groups excluding carboxylic acids is 3. The number of ketones is 1. The molecule has 1 unspecified atom stereocenters. The minimum absolute atomic E-state index is 0.0375. The van der Waals surface area contributed by atoms with Gasteiger partial charge in [0, 0.05) is 31.6 Å². The number of carbonyl (C=O) groups is 3. The predicted molar refractivity (Wildman–Crippen MR) is 93.5 cm³/mol. The molecule has 1 aliphatic rings. The van der Waals surface area contributed by atoms with E-state index in [1.165, 1.54) is 0 Å². The Bertz CT molecular complexity index is 601. The van der Waals surface area contributed by atoms with Gasteiger partial charge >= 0.3 is 11.9 Å². The lowest BCUT2D eigenvalue weighted by Gasteiger charge is -2.28. The van der Waals surface area contributed by atoms with Crippen LogP contribution in [0.3, 0.4) is 0 Å². The summed E-state index contributed by atoms with van der Waals surface area (Å²) in [5.41, 5.74) is 1.73. The van der Waals surface area contributed by atoms with Crippen molar-refractivity contribution in [2.75, 3.05) is 31.2 Å². The van der Waals surface area contributed by atoms with E-state index in [0.717, 1.165) is 11.3 Å². The number of esters is 2. The quantitative estimate of drug-likeness (QED) is 0.706. The fourth-order valence-corrected chi connectivity index (χ4v) is 2.90. The zero-order valence-corrected chi connectivity index (χ0v) is 14.8. The maximum atomic E-state index is 12.2. The van der Waals surface area contributed by atoms with Gasteiger partial charge in [-0.05, 0) is 31.5 Å². The van der Waals surface area contributed by atoms with Gasteiger partial charge < -0.3 is 14.4 Å². The summed E-state index contributed by atoms with van der Waals surface area (Å²) in [6.45, 7) is 5.43. The molecule has 1 aromatic rings. The first-order valence-electron chi connectivity index (χ1n) is 8.74. The minimum atomic E-state index is -0.670. The van der Waals surface area contributed by atoms with Crippen LogP contribution in [0.15, 0.2) is 24.3 Å². The number of piperidine rings is 1. The molecule has 1 heterocycles. The van der Waals surface area contributed by atoms with Crippen LogP contribution in [0.4, 0.5) is 5.69 Å². The second-order valence-corrected chi connectivity index (χ2v) is 5.93. The third-order valence-electron chi connectivity index (χ3n) is 4.23. The van der Waals surface area contributed by atoms with Crippen LogP contribution in [0.25, 0.3) is 0 Å². The summed E-state index contributed by atoms with van der Waals surface area (Å²) < 4.78 is 10.1. The summed E-state index contributed by atoms with van der Waals surface area (Å²) >= 11 is 0. The van der Waals surface area contributed by atoms with Crippen LogP contribution in [0.5, 0.6) is 0 Å². The lowest BCUT2D eigenvalue weighted by Crippen LogP contribution is -2.33. The van der Waals surface area contributed by atoms with Crippen LogP contribution in [0.2, 0.25) is 0 Å². The monoisotopic (exact) mass is 347 g/mol. The molecule has 0 aliphatic carbocycles. The van der Waals surface area contributed by atoms with Crippen LogP contribution in [-0.2, 0) is 23.9 Å². The lowest BCUT2D eigenvalue weighted by molar-refractivity contribution is -0.151. The SMILES string of the molecule is CCOC(=O)CC(C(=O)OCC)c1ccc(N2CCC(=O)CC2)cc1. The van der Waals surface area contributed by atoms with Crippen LogP contribution in [0, 0.1) is 0 Å². The smallest absolute Gasteiger partial charge is 0.313 e. The first kappa shape index (κ1) is 19.0. The van der Waals surface area contributed by atoms with E-state index in [1.54, 1.807) is 13.8 Å². The number of anilines is 1. The summed E-state index contributed by atoms with van der Waals surface area (Å²) in [5.74, 6) is -1.22. The number of rotatable bonds is 7. The molecule has 0 spiro atoms. The molecule has 25 heavy (non-hydrogen) atoms. The standard InChI is InChI=1S/C19H25NO5/c1-3-24-18(22)13-17(19(23)25-4-2)14-5-7-15(8-6-14)20-11-9-16(21)10-12-20/h5-8,17H,3-4,9-13H2,1-2H3. The van der Waals surface area contributed by atoms with E-state index < -0.39 is 17.9 Å². The van der Waals surface area contributed by atoms with Gasteiger partial charge in [-0.1, -0.05) is 12.1 Å². The van der Waals surface area contributed by atoms with Crippen molar-refractivity contribution in [1.29, 1.82) is 0 Å². The highest BCUT2D eigenvalue weighted by molar-refractivity contribution is 5.84. The lowest BCUT2D eigenvalue weighted by atomic mass is 9.95. The van der Waals surface area contributed by atoms with Crippen molar-refractivity contribution >= 4 is 23.4 Å². The average molecular weight is 347 g/mol. The maximum absolute atomic E-state index is 12.2. The second kappa shape index (κ2) is 9.20. The highest BCUT2D eigenvalue weighted by atomic mass is 16.5. The first-order chi connectivity index (χ1) is 12.0. The van der Waals surface area contributed by atoms with Crippen LogP contribution < -0.4 is 4.90 Å². The molecule has 1 fully saturated rings. The Labute approximate surface area is 148 Å². The topological polar surface area (TPSA) is 72.9 Å².